The van der Waals surface area contributed by atoms with Crippen LogP contribution in [0.4, 0.5) is 5.95 Å². The van der Waals surface area contributed by atoms with Crippen molar-refractivity contribution >= 4 is 28.4 Å². The summed E-state index contributed by atoms with van der Waals surface area (Å²) >= 11 is 0. The highest BCUT2D eigenvalue weighted by atomic mass is 16.5. The Morgan fingerprint density at radius 2 is 1.82 bits per heavy atom. The van der Waals surface area contributed by atoms with Crippen molar-refractivity contribution in [2.24, 2.45) is 0 Å². The average Bonchev–Trinajstić information content (AvgIpc) is 3.66. The normalized spacial score (nSPS) is 16.7. The standard InChI is InChI=1S/C26H28N6O2/c1-34-20-11-7-18(8-12-20)17-23(33)30-13-4-14-31(16-15-30)26-27-22-6-3-2-5-21(22)25-29-28-24(32(25)26)19-9-10-19/h2-3,5-8,11-12,19H,4,9-10,13-17H2,1H3. The summed E-state index contributed by atoms with van der Waals surface area (Å²) in [6, 6.07) is 15.9. The van der Waals surface area contributed by atoms with E-state index in [-0.39, 0.29) is 5.91 Å². The second-order valence-corrected chi connectivity index (χ2v) is 9.17. The molecule has 0 spiro atoms. The number of ether oxygens (including phenoxy) is 1. The molecule has 3 heterocycles. The van der Waals surface area contributed by atoms with Crippen LogP contribution in [-0.2, 0) is 11.2 Å². The van der Waals surface area contributed by atoms with Gasteiger partial charge in [0.1, 0.15) is 11.6 Å². The van der Waals surface area contributed by atoms with Crippen LogP contribution >= 0.6 is 0 Å². The van der Waals surface area contributed by atoms with E-state index in [1.807, 2.05) is 47.4 Å². The third-order valence-electron chi connectivity index (χ3n) is 6.84. The molecule has 1 saturated heterocycles. The molecule has 0 N–H and O–H groups in total. The van der Waals surface area contributed by atoms with Crippen molar-refractivity contribution in [3.8, 4) is 5.75 Å². The fraction of sp³-hybridized carbons (Fsp3) is 0.385. The summed E-state index contributed by atoms with van der Waals surface area (Å²) < 4.78 is 7.38. The van der Waals surface area contributed by atoms with Gasteiger partial charge < -0.3 is 14.5 Å². The van der Waals surface area contributed by atoms with Crippen LogP contribution in [0.1, 0.15) is 36.6 Å². The lowest BCUT2D eigenvalue weighted by Crippen LogP contribution is -2.36. The minimum absolute atomic E-state index is 0.159. The number of para-hydroxylation sites is 1. The van der Waals surface area contributed by atoms with Crippen molar-refractivity contribution in [3.63, 3.8) is 0 Å². The van der Waals surface area contributed by atoms with Crippen LogP contribution in [0.25, 0.3) is 16.6 Å². The lowest BCUT2D eigenvalue weighted by Gasteiger charge is -2.24. The molecule has 4 aromatic rings. The molecule has 174 valence electrons. The number of hydrogen-bond donors (Lipinski definition) is 0. The third kappa shape index (κ3) is 3.83. The molecule has 34 heavy (non-hydrogen) atoms. The molecular weight excluding hydrogens is 428 g/mol. The van der Waals surface area contributed by atoms with Gasteiger partial charge in [0, 0.05) is 37.5 Å². The first-order valence-corrected chi connectivity index (χ1v) is 12.0. The first-order valence-electron chi connectivity index (χ1n) is 12.0. The molecule has 6 rings (SSSR count). The van der Waals surface area contributed by atoms with Gasteiger partial charge in [-0.25, -0.2) is 9.38 Å². The van der Waals surface area contributed by atoms with E-state index in [2.05, 4.69) is 25.6 Å². The highest BCUT2D eigenvalue weighted by Gasteiger charge is 2.32. The Labute approximate surface area is 198 Å². The monoisotopic (exact) mass is 456 g/mol. The Kier molecular flexibility index (Phi) is 5.28. The van der Waals surface area contributed by atoms with E-state index in [4.69, 9.17) is 9.72 Å². The van der Waals surface area contributed by atoms with Gasteiger partial charge in [-0.1, -0.05) is 24.3 Å². The number of hydrogen-bond acceptors (Lipinski definition) is 6. The molecule has 0 unspecified atom stereocenters. The maximum absolute atomic E-state index is 13.1. The van der Waals surface area contributed by atoms with E-state index < -0.39 is 0 Å². The number of benzene rings is 2. The van der Waals surface area contributed by atoms with Gasteiger partial charge in [0.25, 0.3) is 0 Å². The van der Waals surface area contributed by atoms with Crippen LogP contribution < -0.4 is 9.64 Å². The van der Waals surface area contributed by atoms with Crippen LogP contribution in [0.5, 0.6) is 5.75 Å². The van der Waals surface area contributed by atoms with Gasteiger partial charge in [0.2, 0.25) is 11.9 Å². The molecule has 1 saturated carbocycles. The number of aromatic nitrogens is 4. The molecule has 0 bridgehead atoms. The van der Waals surface area contributed by atoms with Crippen molar-refractivity contribution in [2.75, 3.05) is 38.2 Å². The molecule has 2 aromatic heterocycles. The summed E-state index contributed by atoms with van der Waals surface area (Å²) in [7, 11) is 1.65. The molecule has 8 heteroatoms. The van der Waals surface area contributed by atoms with E-state index in [0.717, 1.165) is 78.5 Å². The Balaban J connectivity index is 1.26. The molecule has 2 fully saturated rings. The van der Waals surface area contributed by atoms with E-state index in [1.54, 1.807) is 7.11 Å². The molecular formula is C26H28N6O2. The van der Waals surface area contributed by atoms with Crippen LogP contribution in [0.3, 0.4) is 0 Å². The minimum atomic E-state index is 0.159. The number of anilines is 1. The molecule has 0 atom stereocenters. The number of rotatable bonds is 5. The van der Waals surface area contributed by atoms with Gasteiger partial charge in [-0.3, -0.25) is 4.79 Å². The zero-order valence-electron chi connectivity index (χ0n) is 19.4. The van der Waals surface area contributed by atoms with Crippen LogP contribution in [-0.4, -0.2) is 63.7 Å². The molecule has 2 aromatic carbocycles. The predicted molar refractivity (Wildman–Crippen MR) is 130 cm³/mol. The van der Waals surface area contributed by atoms with Gasteiger partial charge in [-0.15, -0.1) is 10.2 Å². The topological polar surface area (TPSA) is 75.9 Å². The number of fused-ring (bicyclic) bond motifs is 3. The first-order chi connectivity index (χ1) is 16.7. The average molecular weight is 457 g/mol. The first kappa shape index (κ1) is 20.9. The molecule has 0 radical (unpaired) electrons. The largest absolute Gasteiger partial charge is 0.497 e. The smallest absolute Gasteiger partial charge is 0.227 e. The zero-order chi connectivity index (χ0) is 23.1. The summed E-state index contributed by atoms with van der Waals surface area (Å²) in [6.07, 6.45) is 3.60. The van der Waals surface area contributed by atoms with Crippen molar-refractivity contribution in [3.05, 3.63) is 59.9 Å². The summed E-state index contributed by atoms with van der Waals surface area (Å²) in [6.45, 7) is 3.00. The minimum Gasteiger partial charge on any atom is -0.497 e. The molecule has 8 nitrogen and oxygen atoms in total. The highest BCUT2D eigenvalue weighted by molar-refractivity contribution is 5.92. The predicted octanol–water partition coefficient (Wildman–Crippen LogP) is 3.44. The maximum atomic E-state index is 13.1. The Bertz CT molecular complexity index is 1340. The van der Waals surface area contributed by atoms with E-state index >= 15 is 0 Å². The van der Waals surface area contributed by atoms with Gasteiger partial charge in [0.15, 0.2) is 5.65 Å². The summed E-state index contributed by atoms with van der Waals surface area (Å²) in [5.41, 5.74) is 2.80. The summed E-state index contributed by atoms with van der Waals surface area (Å²) in [4.78, 5) is 22.4. The quantitative estimate of drug-likeness (QED) is 0.458. The lowest BCUT2D eigenvalue weighted by atomic mass is 10.1. The molecule has 1 aliphatic heterocycles. The zero-order valence-corrected chi connectivity index (χ0v) is 19.4. The van der Waals surface area contributed by atoms with Crippen molar-refractivity contribution in [2.45, 2.75) is 31.6 Å². The van der Waals surface area contributed by atoms with Crippen molar-refractivity contribution < 1.29 is 9.53 Å². The molecule has 2 aliphatic rings. The summed E-state index contributed by atoms with van der Waals surface area (Å²) in [5.74, 6) is 3.33. The highest BCUT2D eigenvalue weighted by Crippen LogP contribution is 2.40. The fourth-order valence-electron chi connectivity index (χ4n) is 4.80. The Morgan fingerprint density at radius 3 is 2.62 bits per heavy atom. The van der Waals surface area contributed by atoms with Crippen molar-refractivity contribution in [1.29, 1.82) is 0 Å². The fourth-order valence-corrected chi connectivity index (χ4v) is 4.80. The van der Waals surface area contributed by atoms with Crippen LogP contribution in [0.2, 0.25) is 0 Å². The van der Waals surface area contributed by atoms with Gasteiger partial charge >= 0.3 is 0 Å². The lowest BCUT2D eigenvalue weighted by molar-refractivity contribution is -0.130. The maximum Gasteiger partial charge on any atom is 0.227 e. The second-order valence-electron chi connectivity index (χ2n) is 9.17. The number of nitrogens with zero attached hydrogens (tertiary/aromatic N) is 6. The molecule has 1 aliphatic carbocycles. The van der Waals surface area contributed by atoms with E-state index in [9.17, 15) is 4.79 Å². The SMILES string of the molecule is COc1ccc(CC(=O)N2CCCN(c3nc4ccccc4c4nnc(C5CC5)n34)CC2)cc1. The van der Waals surface area contributed by atoms with Gasteiger partial charge in [-0.05, 0) is 49.1 Å². The molecule has 1 amide bonds. The van der Waals surface area contributed by atoms with Crippen LogP contribution in [0, 0.1) is 0 Å². The number of carbonyl (C=O) groups is 1. The van der Waals surface area contributed by atoms with Gasteiger partial charge in [0.05, 0.1) is 19.0 Å². The second kappa shape index (κ2) is 8.59. The Hall–Kier alpha value is -3.68. The summed E-state index contributed by atoms with van der Waals surface area (Å²) in [5, 5.41) is 10.1. The third-order valence-corrected chi connectivity index (χ3v) is 6.84. The van der Waals surface area contributed by atoms with Gasteiger partial charge in [-0.2, -0.15) is 0 Å². The van der Waals surface area contributed by atoms with Crippen molar-refractivity contribution in [1.82, 2.24) is 24.5 Å². The Morgan fingerprint density at radius 1 is 1.00 bits per heavy atom. The number of amides is 1. The van der Waals surface area contributed by atoms with Crippen LogP contribution in [0.15, 0.2) is 48.5 Å². The number of methoxy groups -OCH3 is 1. The van der Waals surface area contributed by atoms with E-state index in [1.165, 1.54) is 0 Å². The number of carbonyl (C=O) groups excluding carboxylic acids is 1. The van der Waals surface area contributed by atoms with E-state index in [0.29, 0.717) is 18.9 Å².